The highest BCUT2D eigenvalue weighted by atomic mass is 14.1. The van der Waals surface area contributed by atoms with Crippen molar-refractivity contribution in [3.63, 3.8) is 0 Å². The molecule has 0 unspecified atom stereocenters. The standard InChI is InChI=1S/C16H14/c1-12-11-13-7-3-2-4-9-15(13)16-10-6-5-8-14(12)16/h3-11H,2H2,1H3. The summed E-state index contributed by atoms with van der Waals surface area (Å²) in [5.41, 5.74) is 4.05. The summed E-state index contributed by atoms with van der Waals surface area (Å²) in [6, 6.07) is 10.9. The molecule has 0 N–H and O–H groups in total. The number of fused-ring (bicyclic) bond motifs is 3. The van der Waals surface area contributed by atoms with Crippen LogP contribution in [0, 0.1) is 6.92 Å². The van der Waals surface area contributed by atoms with Crippen molar-refractivity contribution in [2.45, 2.75) is 13.3 Å². The second-order valence-corrected chi connectivity index (χ2v) is 4.28. The summed E-state index contributed by atoms with van der Waals surface area (Å²) in [4.78, 5) is 0. The highest BCUT2D eigenvalue weighted by molar-refractivity contribution is 5.96. The first-order valence-electron chi connectivity index (χ1n) is 5.72. The van der Waals surface area contributed by atoms with E-state index in [9.17, 15) is 0 Å². The van der Waals surface area contributed by atoms with Crippen LogP contribution in [0.4, 0.5) is 0 Å². The lowest BCUT2D eigenvalue weighted by atomic mass is 9.95. The largest absolute Gasteiger partial charge is 0.0801 e. The van der Waals surface area contributed by atoms with E-state index in [1.165, 1.54) is 27.5 Å². The molecule has 1 aliphatic carbocycles. The van der Waals surface area contributed by atoms with Gasteiger partial charge in [-0.25, -0.2) is 0 Å². The van der Waals surface area contributed by atoms with Crippen LogP contribution in [0.2, 0.25) is 0 Å². The van der Waals surface area contributed by atoms with Gasteiger partial charge in [0.2, 0.25) is 0 Å². The molecule has 0 saturated heterocycles. The molecule has 2 aromatic carbocycles. The number of benzene rings is 2. The topological polar surface area (TPSA) is 0 Å². The minimum absolute atomic E-state index is 1.03. The van der Waals surface area contributed by atoms with Crippen LogP contribution in [0.15, 0.2) is 42.5 Å². The quantitative estimate of drug-likeness (QED) is 0.592. The van der Waals surface area contributed by atoms with Crippen LogP contribution in [-0.4, -0.2) is 0 Å². The number of aryl methyl sites for hydroxylation is 1. The Balaban J connectivity index is 2.47. The van der Waals surface area contributed by atoms with Crippen molar-refractivity contribution in [2.24, 2.45) is 0 Å². The summed E-state index contributed by atoms with van der Waals surface area (Å²) in [5, 5.41) is 2.72. The molecule has 0 spiro atoms. The van der Waals surface area contributed by atoms with E-state index in [0.29, 0.717) is 0 Å². The Morgan fingerprint density at radius 2 is 1.69 bits per heavy atom. The number of rotatable bonds is 0. The van der Waals surface area contributed by atoms with Crippen molar-refractivity contribution in [1.82, 2.24) is 0 Å². The maximum absolute atomic E-state index is 2.28. The molecule has 0 amide bonds. The molecule has 0 bridgehead atoms. The van der Waals surface area contributed by atoms with Gasteiger partial charge >= 0.3 is 0 Å². The van der Waals surface area contributed by atoms with Crippen LogP contribution in [0.5, 0.6) is 0 Å². The Morgan fingerprint density at radius 1 is 0.938 bits per heavy atom. The Morgan fingerprint density at radius 3 is 2.56 bits per heavy atom. The van der Waals surface area contributed by atoms with Crippen LogP contribution >= 0.6 is 0 Å². The molecule has 78 valence electrons. The Bertz CT molecular complexity index is 601. The molecular weight excluding hydrogens is 192 g/mol. The second-order valence-electron chi connectivity index (χ2n) is 4.28. The van der Waals surface area contributed by atoms with Crippen LogP contribution < -0.4 is 0 Å². The molecule has 3 rings (SSSR count). The third-order valence-corrected chi connectivity index (χ3v) is 3.18. The zero-order chi connectivity index (χ0) is 11.0. The van der Waals surface area contributed by atoms with E-state index in [1.54, 1.807) is 0 Å². The lowest BCUT2D eigenvalue weighted by molar-refractivity contribution is 1.44. The van der Waals surface area contributed by atoms with Crippen molar-refractivity contribution < 1.29 is 0 Å². The fourth-order valence-corrected chi connectivity index (χ4v) is 2.39. The van der Waals surface area contributed by atoms with Gasteiger partial charge in [-0.1, -0.05) is 54.6 Å². The minimum Gasteiger partial charge on any atom is -0.0801 e. The minimum atomic E-state index is 1.03. The van der Waals surface area contributed by atoms with E-state index in [0.717, 1.165) is 6.42 Å². The molecule has 16 heavy (non-hydrogen) atoms. The van der Waals surface area contributed by atoms with Gasteiger partial charge in [-0.2, -0.15) is 0 Å². The zero-order valence-corrected chi connectivity index (χ0v) is 9.40. The molecule has 0 fully saturated rings. The molecule has 0 radical (unpaired) electrons. The van der Waals surface area contributed by atoms with Gasteiger partial charge in [0.15, 0.2) is 0 Å². The predicted octanol–water partition coefficient (Wildman–Crippen LogP) is 4.58. The first kappa shape index (κ1) is 9.41. The van der Waals surface area contributed by atoms with Gasteiger partial charge < -0.3 is 0 Å². The van der Waals surface area contributed by atoms with Crippen molar-refractivity contribution in [2.75, 3.05) is 0 Å². The van der Waals surface area contributed by atoms with Crippen molar-refractivity contribution in [1.29, 1.82) is 0 Å². The van der Waals surface area contributed by atoms with Gasteiger partial charge in [-0.15, -0.1) is 0 Å². The first-order chi connectivity index (χ1) is 7.86. The molecular formula is C16H14. The van der Waals surface area contributed by atoms with Gasteiger partial charge in [0.05, 0.1) is 0 Å². The lowest BCUT2D eigenvalue weighted by Crippen LogP contribution is -1.87. The fourth-order valence-electron chi connectivity index (χ4n) is 2.39. The van der Waals surface area contributed by atoms with Crippen LogP contribution in [-0.2, 0) is 0 Å². The molecule has 0 heterocycles. The molecule has 0 aliphatic heterocycles. The monoisotopic (exact) mass is 206 g/mol. The summed E-state index contributed by atoms with van der Waals surface area (Å²) >= 11 is 0. The maximum atomic E-state index is 2.28. The van der Waals surface area contributed by atoms with Gasteiger partial charge in [-0.05, 0) is 40.8 Å². The summed E-state index contributed by atoms with van der Waals surface area (Å²) in [6.45, 7) is 2.19. The Hall–Kier alpha value is -1.82. The van der Waals surface area contributed by atoms with E-state index in [2.05, 4.69) is 61.6 Å². The maximum Gasteiger partial charge on any atom is -0.0103 e. The smallest absolute Gasteiger partial charge is 0.0103 e. The van der Waals surface area contributed by atoms with Crippen molar-refractivity contribution in [3.05, 3.63) is 59.2 Å². The van der Waals surface area contributed by atoms with Crippen molar-refractivity contribution in [3.8, 4) is 0 Å². The number of allylic oxidation sites excluding steroid dienone is 2. The fraction of sp³-hybridized carbons (Fsp3) is 0.125. The predicted molar refractivity (Wildman–Crippen MR) is 71.4 cm³/mol. The molecule has 0 saturated carbocycles. The highest BCUT2D eigenvalue weighted by Crippen LogP contribution is 2.29. The molecule has 0 heteroatoms. The Kier molecular flexibility index (Phi) is 2.14. The van der Waals surface area contributed by atoms with Gasteiger partial charge in [-0.3, -0.25) is 0 Å². The number of hydrogen-bond acceptors (Lipinski definition) is 0. The molecule has 0 nitrogen and oxygen atoms in total. The Labute approximate surface area is 95.9 Å². The highest BCUT2D eigenvalue weighted by Gasteiger charge is 2.06. The van der Waals surface area contributed by atoms with Crippen LogP contribution in [0.1, 0.15) is 23.1 Å². The third kappa shape index (κ3) is 1.38. The summed E-state index contributed by atoms with van der Waals surface area (Å²) in [5.74, 6) is 0. The van der Waals surface area contributed by atoms with E-state index in [4.69, 9.17) is 0 Å². The molecule has 0 aromatic heterocycles. The van der Waals surface area contributed by atoms with E-state index >= 15 is 0 Å². The van der Waals surface area contributed by atoms with E-state index in [1.807, 2.05) is 0 Å². The van der Waals surface area contributed by atoms with Gasteiger partial charge in [0.25, 0.3) is 0 Å². The average molecular weight is 206 g/mol. The van der Waals surface area contributed by atoms with Crippen LogP contribution in [0.3, 0.4) is 0 Å². The summed E-state index contributed by atoms with van der Waals surface area (Å²) in [6.07, 6.45) is 9.95. The second kappa shape index (κ2) is 3.64. The van der Waals surface area contributed by atoms with Gasteiger partial charge in [0, 0.05) is 0 Å². The number of hydrogen-bond donors (Lipinski definition) is 0. The lowest BCUT2D eigenvalue weighted by Gasteiger charge is -2.09. The summed E-state index contributed by atoms with van der Waals surface area (Å²) < 4.78 is 0. The zero-order valence-electron chi connectivity index (χ0n) is 9.40. The van der Waals surface area contributed by atoms with Gasteiger partial charge in [0.1, 0.15) is 0 Å². The van der Waals surface area contributed by atoms with Crippen LogP contribution in [0.25, 0.3) is 22.9 Å². The molecule has 2 aromatic rings. The molecule has 0 atom stereocenters. The normalized spacial score (nSPS) is 13.8. The molecule has 1 aliphatic rings. The van der Waals surface area contributed by atoms with E-state index in [-0.39, 0.29) is 0 Å². The first-order valence-corrected chi connectivity index (χ1v) is 5.72. The van der Waals surface area contributed by atoms with E-state index < -0.39 is 0 Å². The average Bonchev–Trinajstić information content (AvgIpc) is 2.55. The summed E-state index contributed by atoms with van der Waals surface area (Å²) in [7, 11) is 0. The SMILES string of the molecule is Cc1cc2c(c3ccccc13)C=CCC=C2. The van der Waals surface area contributed by atoms with Crippen molar-refractivity contribution >= 4 is 22.9 Å². The third-order valence-electron chi connectivity index (χ3n) is 3.18.